The van der Waals surface area contributed by atoms with Gasteiger partial charge in [0.2, 0.25) is 5.91 Å². The molecule has 102 valence electrons. The summed E-state index contributed by atoms with van der Waals surface area (Å²) in [7, 11) is 3.59. The Morgan fingerprint density at radius 1 is 1.53 bits per heavy atom. The van der Waals surface area contributed by atoms with E-state index in [2.05, 4.69) is 24.5 Å². The SMILES string of the molecule is CNCC(C)C(=O)NC1CC(OC)C1(C)C.Cl. The number of halogens is 1. The molecule has 0 aromatic rings. The van der Waals surface area contributed by atoms with Gasteiger partial charge in [-0.25, -0.2) is 0 Å². The summed E-state index contributed by atoms with van der Waals surface area (Å²) in [6.07, 6.45) is 1.18. The monoisotopic (exact) mass is 264 g/mol. The minimum atomic E-state index is 0. The molecule has 17 heavy (non-hydrogen) atoms. The summed E-state index contributed by atoms with van der Waals surface area (Å²) in [5.74, 6) is 0.143. The second-order valence-corrected chi connectivity index (χ2v) is 5.30. The van der Waals surface area contributed by atoms with Gasteiger partial charge in [-0.2, -0.15) is 0 Å². The van der Waals surface area contributed by atoms with Crippen LogP contribution in [0.25, 0.3) is 0 Å². The summed E-state index contributed by atoms with van der Waals surface area (Å²) < 4.78 is 5.36. The maximum atomic E-state index is 11.8. The molecule has 0 aliphatic heterocycles. The van der Waals surface area contributed by atoms with Crippen molar-refractivity contribution in [2.75, 3.05) is 20.7 Å². The number of nitrogens with one attached hydrogen (secondary N) is 2. The Balaban J connectivity index is 0.00000256. The fourth-order valence-corrected chi connectivity index (χ4v) is 2.24. The van der Waals surface area contributed by atoms with E-state index < -0.39 is 0 Å². The van der Waals surface area contributed by atoms with Crippen molar-refractivity contribution in [2.24, 2.45) is 11.3 Å². The number of ether oxygens (including phenoxy) is 1. The summed E-state index contributed by atoms with van der Waals surface area (Å²) >= 11 is 0. The molecule has 0 aromatic heterocycles. The largest absolute Gasteiger partial charge is 0.381 e. The van der Waals surface area contributed by atoms with E-state index in [0.717, 1.165) is 6.42 Å². The van der Waals surface area contributed by atoms with Gasteiger partial charge in [-0.1, -0.05) is 20.8 Å². The summed E-state index contributed by atoms with van der Waals surface area (Å²) in [5.41, 5.74) is 0.0454. The molecule has 0 radical (unpaired) electrons. The molecule has 0 spiro atoms. The van der Waals surface area contributed by atoms with E-state index in [-0.39, 0.29) is 41.8 Å². The zero-order chi connectivity index (χ0) is 12.3. The lowest BCUT2D eigenvalue weighted by Crippen LogP contribution is -2.62. The summed E-state index contributed by atoms with van der Waals surface area (Å²) in [4.78, 5) is 11.8. The van der Waals surface area contributed by atoms with Gasteiger partial charge in [0.25, 0.3) is 0 Å². The number of methoxy groups -OCH3 is 1. The first-order valence-electron chi connectivity index (χ1n) is 5.91. The molecule has 3 atom stereocenters. The van der Waals surface area contributed by atoms with E-state index in [1.807, 2.05) is 14.0 Å². The quantitative estimate of drug-likeness (QED) is 0.784. The molecule has 0 bridgehead atoms. The molecule has 3 unspecified atom stereocenters. The van der Waals surface area contributed by atoms with Crippen molar-refractivity contribution in [1.29, 1.82) is 0 Å². The molecule has 4 nitrogen and oxygen atoms in total. The molecule has 1 amide bonds. The third kappa shape index (κ3) is 3.57. The molecule has 1 aliphatic carbocycles. The second-order valence-electron chi connectivity index (χ2n) is 5.30. The third-order valence-corrected chi connectivity index (χ3v) is 3.74. The van der Waals surface area contributed by atoms with Crippen LogP contribution in [0, 0.1) is 11.3 Å². The molecular weight excluding hydrogens is 240 g/mol. The highest BCUT2D eigenvalue weighted by Gasteiger charge is 2.49. The van der Waals surface area contributed by atoms with E-state index >= 15 is 0 Å². The Labute approximate surface area is 110 Å². The second kappa shape index (κ2) is 6.57. The number of carbonyl (C=O) groups is 1. The summed E-state index contributed by atoms with van der Waals surface area (Å²) in [6, 6.07) is 0.240. The van der Waals surface area contributed by atoms with E-state index in [1.165, 1.54) is 0 Å². The maximum absolute atomic E-state index is 11.8. The third-order valence-electron chi connectivity index (χ3n) is 3.74. The van der Waals surface area contributed by atoms with Gasteiger partial charge in [0.1, 0.15) is 0 Å². The highest BCUT2D eigenvalue weighted by atomic mass is 35.5. The Hall–Kier alpha value is -0.320. The van der Waals surface area contributed by atoms with Gasteiger partial charge < -0.3 is 15.4 Å². The average molecular weight is 265 g/mol. The van der Waals surface area contributed by atoms with Crippen molar-refractivity contribution >= 4 is 18.3 Å². The van der Waals surface area contributed by atoms with Gasteiger partial charge in [0.15, 0.2) is 0 Å². The van der Waals surface area contributed by atoms with Crippen LogP contribution in [0.15, 0.2) is 0 Å². The minimum Gasteiger partial charge on any atom is -0.381 e. The summed E-state index contributed by atoms with van der Waals surface area (Å²) in [5, 5.41) is 6.11. The molecule has 2 N–H and O–H groups in total. The number of hydrogen-bond donors (Lipinski definition) is 2. The van der Waals surface area contributed by atoms with Crippen LogP contribution in [0.1, 0.15) is 27.2 Å². The van der Waals surface area contributed by atoms with E-state index in [0.29, 0.717) is 6.54 Å². The fourth-order valence-electron chi connectivity index (χ4n) is 2.24. The highest BCUT2D eigenvalue weighted by molar-refractivity contribution is 5.85. The van der Waals surface area contributed by atoms with Gasteiger partial charge in [-0.15, -0.1) is 12.4 Å². The first kappa shape index (κ1) is 16.7. The molecule has 0 aromatic carbocycles. The highest BCUT2D eigenvalue weighted by Crippen LogP contribution is 2.42. The van der Waals surface area contributed by atoms with Crippen LogP contribution in [0.3, 0.4) is 0 Å². The number of amides is 1. The molecule has 1 aliphatic rings. The van der Waals surface area contributed by atoms with Crippen molar-refractivity contribution in [3.8, 4) is 0 Å². The zero-order valence-corrected chi connectivity index (χ0v) is 12.2. The predicted octanol–water partition coefficient (Wildman–Crippen LogP) is 1.19. The van der Waals surface area contributed by atoms with Crippen LogP contribution in [-0.4, -0.2) is 38.8 Å². The molecule has 0 heterocycles. The number of hydrogen-bond acceptors (Lipinski definition) is 3. The first-order valence-corrected chi connectivity index (χ1v) is 5.91. The Morgan fingerprint density at radius 3 is 2.53 bits per heavy atom. The summed E-state index contributed by atoms with van der Waals surface area (Å²) in [6.45, 7) is 6.93. The van der Waals surface area contributed by atoms with Crippen LogP contribution >= 0.6 is 12.4 Å². The Bertz CT molecular complexity index is 259. The van der Waals surface area contributed by atoms with Crippen molar-refractivity contribution < 1.29 is 9.53 Å². The molecule has 1 fully saturated rings. The van der Waals surface area contributed by atoms with Crippen molar-refractivity contribution in [3.05, 3.63) is 0 Å². The Kier molecular flexibility index (Phi) is 6.45. The van der Waals surface area contributed by atoms with Crippen LogP contribution in [0.4, 0.5) is 0 Å². The van der Waals surface area contributed by atoms with Gasteiger partial charge in [-0.3, -0.25) is 4.79 Å². The first-order chi connectivity index (χ1) is 7.43. The van der Waals surface area contributed by atoms with E-state index in [1.54, 1.807) is 7.11 Å². The van der Waals surface area contributed by atoms with Crippen molar-refractivity contribution in [1.82, 2.24) is 10.6 Å². The molecule has 1 saturated carbocycles. The fraction of sp³-hybridized carbons (Fsp3) is 0.917. The topological polar surface area (TPSA) is 50.4 Å². The Morgan fingerprint density at radius 2 is 2.12 bits per heavy atom. The minimum absolute atomic E-state index is 0. The van der Waals surface area contributed by atoms with E-state index in [9.17, 15) is 4.79 Å². The smallest absolute Gasteiger partial charge is 0.224 e. The molecular formula is C12H25ClN2O2. The lowest BCUT2D eigenvalue weighted by Gasteiger charge is -2.51. The van der Waals surface area contributed by atoms with Crippen LogP contribution < -0.4 is 10.6 Å². The van der Waals surface area contributed by atoms with Crippen LogP contribution in [0.5, 0.6) is 0 Å². The normalized spacial score (nSPS) is 27.6. The number of rotatable bonds is 5. The standard InChI is InChI=1S/C12H24N2O2.ClH/c1-8(7-13-4)11(15)14-9-6-10(16-5)12(9,2)3;/h8-10,13H,6-7H2,1-5H3,(H,14,15);1H. The lowest BCUT2D eigenvalue weighted by atomic mass is 9.64. The molecule has 5 heteroatoms. The maximum Gasteiger partial charge on any atom is 0.224 e. The predicted molar refractivity (Wildman–Crippen MR) is 71.5 cm³/mol. The van der Waals surface area contributed by atoms with Crippen LogP contribution in [-0.2, 0) is 9.53 Å². The lowest BCUT2D eigenvalue weighted by molar-refractivity contribution is -0.135. The van der Waals surface area contributed by atoms with Gasteiger partial charge in [0, 0.05) is 31.0 Å². The molecule has 0 saturated heterocycles. The zero-order valence-electron chi connectivity index (χ0n) is 11.4. The molecule has 1 rings (SSSR count). The average Bonchev–Trinajstić information content (AvgIpc) is 2.23. The van der Waals surface area contributed by atoms with Crippen molar-refractivity contribution in [3.63, 3.8) is 0 Å². The van der Waals surface area contributed by atoms with Gasteiger partial charge >= 0.3 is 0 Å². The van der Waals surface area contributed by atoms with Gasteiger partial charge in [-0.05, 0) is 13.5 Å². The van der Waals surface area contributed by atoms with Gasteiger partial charge in [0.05, 0.1) is 6.10 Å². The number of carbonyl (C=O) groups excluding carboxylic acids is 1. The van der Waals surface area contributed by atoms with Crippen LogP contribution in [0.2, 0.25) is 0 Å². The van der Waals surface area contributed by atoms with E-state index in [4.69, 9.17) is 4.74 Å². The van der Waals surface area contributed by atoms with Crippen molar-refractivity contribution in [2.45, 2.75) is 39.3 Å².